The summed E-state index contributed by atoms with van der Waals surface area (Å²) < 4.78 is 38.7. The van der Waals surface area contributed by atoms with Crippen molar-refractivity contribution >= 4 is 37.5 Å². The summed E-state index contributed by atoms with van der Waals surface area (Å²) in [6, 6.07) is 10.2. The van der Waals surface area contributed by atoms with Gasteiger partial charge < -0.3 is 14.8 Å². The van der Waals surface area contributed by atoms with Crippen LogP contribution >= 0.6 is 15.9 Å². The van der Waals surface area contributed by atoms with Crippen LogP contribution in [0.1, 0.15) is 6.92 Å². The van der Waals surface area contributed by atoms with Gasteiger partial charge in [-0.3, -0.25) is 4.79 Å². The average Bonchev–Trinajstić information content (AvgIpc) is 2.61. The van der Waals surface area contributed by atoms with E-state index in [2.05, 4.69) is 26.0 Å². The van der Waals surface area contributed by atoms with Crippen molar-refractivity contribution in [1.29, 1.82) is 0 Å². The molecule has 0 aliphatic carbocycles. The zero-order valence-electron chi connectivity index (χ0n) is 13.9. The highest BCUT2D eigenvalue weighted by atomic mass is 79.9. The van der Waals surface area contributed by atoms with Crippen LogP contribution in [0.15, 0.2) is 51.8 Å². The summed E-state index contributed by atoms with van der Waals surface area (Å²) in [4.78, 5) is 12.4. The zero-order chi connectivity index (χ0) is 18.7. The topological polar surface area (TPSA) is 93.7 Å². The van der Waals surface area contributed by atoms with E-state index in [1.54, 1.807) is 30.3 Å². The van der Waals surface area contributed by atoms with Crippen LogP contribution in [0.25, 0.3) is 0 Å². The quantitative estimate of drug-likeness (QED) is 0.744. The highest BCUT2D eigenvalue weighted by Crippen LogP contribution is 2.32. The van der Waals surface area contributed by atoms with Crippen LogP contribution in [0.5, 0.6) is 11.5 Å². The minimum absolute atomic E-state index is 0.0830. The van der Waals surface area contributed by atoms with Gasteiger partial charge in [-0.1, -0.05) is 15.9 Å². The van der Waals surface area contributed by atoms with Gasteiger partial charge in [-0.15, -0.1) is 0 Å². The van der Waals surface area contributed by atoms with Crippen molar-refractivity contribution in [3.05, 3.63) is 46.9 Å². The second kappa shape index (κ2) is 7.65. The largest absolute Gasteiger partial charge is 0.486 e. The Morgan fingerprint density at radius 3 is 2.42 bits per heavy atom. The Labute approximate surface area is 159 Å². The maximum Gasteiger partial charge on any atom is 0.242 e. The number of anilines is 1. The van der Waals surface area contributed by atoms with E-state index in [9.17, 15) is 13.2 Å². The van der Waals surface area contributed by atoms with Crippen molar-refractivity contribution < 1.29 is 22.7 Å². The molecule has 0 saturated heterocycles. The van der Waals surface area contributed by atoms with Crippen molar-refractivity contribution in [2.24, 2.45) is 0 Å². The molecule has 1 aliphatic heterocycles. The number of nitrogens with one attached hydrogen (secondary N) is 2. The van der Waals surface area contributed by atoms with E-state index in [1.165, 1.54) is 19.1 Å². The summed E-state index contributed by atoms with van der Waals surface area (Å²) in [5.41, 5.74) is 0.494. The van der Waals surface area contributed by atoms with Gasteiger partial charge in [0.1, 0.15) is 13.2 Å². The van der Waals surface area contributed by atoms with Crippen molar-refractivity contribution in [3.8, 4) is 11.5 Å². The maximum absolute atomic E-state index is 12.4. The van der Waals surface area contributed by atoms with Gasteiger partial charge in [0, 0.05) is 16.2 Å². The number of hydrogen-bond acceptors (Lipinski definition) is 5. The van der Waals surface area contributed by atoms with Crippen molar-refractivity contribution in [2.75, 3.05) is 18.5 Å². The number of rotatable bonds is 5. The van der Waals surface area contributed by atoms with Crippen LogP contribution in [-0.2, 0) is 14.8 Å². The molecule has 7 nitrogen and oxygen atoms in total. The fourth-order valence-corrected chi connectivity index (χ4v) is 3.81. The molecule has 138 valence electrons. The predicted octanol–water partition coefficient (Wildman–Crippen LogP) is 2.53. The summed E-state index contributed by atoms with van der Waals surface area (Å²) in [6.45, 7) is 2.39. The first kappa shape index (κ1) is 18.7. The number of hydrogen-bond donors (Lipinski definition) is 2. The number of carbonyl (C=O) groups is 1. The van der Waals surface area contributed by atoms with Crippen LogP contribution in [0, 0.1) is 0 Å². The van der Waals surface area contributed by atoms with Gasteiger partial charge in [0.2, 0.25) is 15.9 Å². The maximum atomic E-state index is 12.4. The van der Waals surface area contributed by atoms with Crippen molar-refractivity contribution in [2.45, 2.75) is 17.9 Å². The van der Waals surface area contributed by atoms with Crippen LogP contribution < -0.4 is 19.5 Å². The number of ether oxygens (including phenoxy) is 2. The number of carbonyl (C=O) groups excluding carboxylic acids is 1. The second-order valence-corrected chi connectivity index (χ2v) is 8.27. The number of amides is 1. The summed E-state index contributed by atoms with van der Waals surface area (Å²) >= 11 is 3.25. The van der Waals surface area contributed by atoms with Gasteiger partial charge in [-0.2, -0.15) is 4.72 Å². The lowest BCUT2D eigenvalue weighted by Gasteiger charge is -2.19. The molecule has 0 saturated carbocycles. The lowest BCUT2D eigenvalue weighted by molar-refractivity contribution is -0.117. The Balaban J connectivity index is 1.67. The Morgan fingerprint density at radius 2 is 1.73 bits per heavy atom. The Bertz CT molecular complexity index is 915. The first-order valence-electron chi connectivity index (χ1n) is 7.83. The van der Waals surface area contributed by atoms with Crippen LogP contribution in [0.2, 0.25) is 0 Å². The van der Waals surface area contributed by atoms with E-state index in [0.29, 0.717) is 30.4 Å². The highest BCUT2D eigenvalue weighted by molar-refractivity contribution is 9.10. The van der Waals surface area contributed by atoms with E-state index >= 15 is 0 Å². The summed E-state index contributed by atoms with van der Waals surface area (Å²) in [5.74, 6) is 0.665. The number of sulfonamides is 1. The Morgan fingerprint density at radius 1 is 1.08 bits per heavy atom. The van der Waals surface area contributed by atoms with E-state index in [1.807, 2.05) is 0 Å². The second-order valence-electron chi connectivity index (χ2n) is 5.64. The van der Waals surface area contributed by atoms with Crippen molar-refractivity contribution in [3.63, 3.8) is 0 Å². The molecule has 0 spiro atoms. The molecule has 0 aromatic heterocycles. The molecule has 1 aliphatic rings. The standard InChI is InChI=1S/C17H17BrN2O5S/c1-11(20-26(22,23)14-5-2-12(18)3-6-14)17(21)19-13-4-7-15-16(10-13)25-9-8-24-15/h2-7,10-11,20H,8-9H2,1H3,(H,19,21)/t11-/m0/s1. The molecule has 2 aromatic rings. The molecule has 0 radical (unpaired) electrons. The van der Waals surface area contributed by atoms with Crippen LogP contribution in [0.4, 0.5) is 5.69 Å². The first-order chi connectivity index (χ1) is 12.3. The molecule has 9 heteroatoms. The summed E-state index contributed by atoms with van der Waals surface area (Å²) in [7, 11) is -3.80. The molecule has 1 atom stereocenters. The minimum Gasteiger partial charge on any atom is -0.486 e. The zero-order valence-corrected chi connectivity index (χ0v) is 16.3. The van der Waals surface area contributed by atoms with Gasteiger partial charge in [-0.25, -0.2) is 8.42 Å². The fourth-order valence-electron chi connectivity index (χ4n) is 2.34. The number of benzene rings is 2. The Hall–Kier alpha value is -2.10. The lowest BCUT2D eigenvalue weighted by atomic mass is 10.2. The van der Waals surface area contributed by atoms with Crippen LogP contribution in [0.3, 0.4) is 0 Å². The summed E-state index contributed by atoms with van der Waals surface area (Å²) in [6.07, 6.45) is 0. The lowest BCUT2D eigenvalue weighted by Crippen LogP contribution is -2.41. The Kier molecular flexibility index (Phi) is 5.49. The van der Waals surface area contributed by atoms with Gasteiger partial charge in [-0.05, 0) is 43.3 Å². The fraction of sp³-hybridized carbons (Fsp3) is 0.235. The third-order valence-corrected chi connectivity index (χ3v) is 5.74. The van der Waals surface area contributed by atoms with E-state index in [-0.39, 0.29) is 4.90 Å². The molecule has 2 N–H and O–H groups in total. The summed E-state index contributed by atoms with van der Waals surface area (Å²) in [5, 5.41) is 2.67. The molecule has 1 heterocycles. The SMILES string of the molecule is C[C@H](NS(=O)(=O)c1ccc(Br)cc1)C(=O)Nc1ccc2c(c1)OCCO2. The molecular formula is C17H17BrN2O5S. The van der Waals surface area contributed by atoms with E-state index < -0.39 is 22.0 Å². The van der Waals surface area contributed by atoms with Crippen LogP contribution in [-0.4, -0.2) is 33.6 Å². The number of fused-ring (bicyclic) bond motifs is 1. The predicted molar refractivity (Wildman–Crippen MR) is 100.0 cm³/mol. The molecule has 0 fully saturated rings. The number of halogens is 1. The molecule has 0 unspecified atom stereocenters. The smallest absolute Gasteiger partial charge is 0.242 e. The van der Waals surface area contributed by atoms with Gasteiger partial charge in [0.15, 0.2) is 11.5 Å². The van der Waals surface area contributed by atoms with E-state index in [0.717, 1.165) is 4.47 Å². The third kappa shape index (κ3) is 4.35. The highest BCUT2D eigenvalue weighted by Gasteiger charge is 2.22. The molecule has 26 heavy (non-hydrogen) atoms. The normalized spacial score (nSPS) is 14.5. The molecule has 1 amide bonds. The van der Waals surface area contributed by atoms with Gasteiger partial charge in [0.05, 0.1) is 10.9 Å². The molecule has 0 bridgehead atoms. The minimum atomic E-state index is -3.80. The molecular weight excluding hydrogens is 424 g/mol. The molecule has 2 aromatic carbocycles. The van der Waals surface area contributed by atoms with Gasteiger partial charge in [0.25, 0.3) is 0 Å². The first-order valence-corrected chi connectivity index (χ1v) is 10.1. The third-order valence-electron chi connectivity index (χ3n) is 3.66. The van der Waals surface area contributed by atoms with Gasteiger partial charge >= 0.3 is 0 Å². The van der Waals surface area contributed by atoms with E-state index in [4.69, 9.17) is 9.47 Å². The van der Waals surface area contributed by atoms with Crippen molar-refractivity contribution in [1.82, 2.24) is 4.72 Å². The monoisotopic (exact) mass is 440 g/mol. The molecule has 3 rings (SSSR count). The average molecular weight is 441 g/mol.